The quantitative estimate of drug-likeness (QED) is 0.344. The minimum absolute atomic E-state index is 0.167. The Balaban J connectivity index is 1.61. The molecule has 0 spiro atoms. The summed E-state index contributed by atoms with van der Waals surface area (Å²) in [6, 6.07) is 7.88. The van der Waals surface area contributed by atoms with Gasteiger partial charge in [0.1, 0.15) is 11.4 Å². The van der Waals surface area contributed by atoms with Gasteiger partial charge in [0.15, 0.2) is 8.32 Å². The molecule has 0 aliphatic heterocycles. The van der Waals surface area contributed by atoms with Crippen LogP contribution in [0.2, 0.25) is 18.1 Å². The number of anilines is 2. The van der Waals surface area contributed by atoms with Gasteiger partial charge in [-0.25, -0.2) is 9.78 Å². The molecule has 0 amide bonds. The van der Waals surface area contributed by atoms with Gasteiger partial charge in [0, 0.05) is 36.1 Å². The Kier molecular flexibility index (Phi) is 6.44. The first-order valence-corrected chi connectivity index (χ1v) is 14.8. The van der Waals surface area contributed by atoms with Crippen molar-refractivity contribution in [2.45, 2.75) is 57.7 Å². The largest absolute Gasteiger partial charge is 0.478 e. The number of rotatable bonds is 8. The van der Waals surface area contributed by atoms with E-state index in [0.717, 1.165) is 40.6 Å². The molecule has 1 aliphatic carbocycles. The van der Waals surface area contributed by atoms with E-state index in [4.69, 9.17) is 4.43 Å². The molecule has 180 valence electrons. The molecule has 2 aromatic heterocycles. The van der Waals surface area contributed by atoms with Crippen molar-refractivity contribution in [3.63, 3.8) is 0 Å². The molecule has 1 saturated carbocycles. The second-order valence-electron chi connectivity index (χ2n) is 10.8. The van der Waals surface area contributed by atoms with E-state index in [1.54, 1.807) is 12.3 Å². The van der Waals surface area contributed by atoms with Crippen molar-refractivity contribution in [2.75, 3.05) is 11.9 Å². The number of hydrogen-bond donors (Lipinski definition) is 2. The van der Waals surface area contributed by atoms with Crippen molar-refractivity contribution in [1.29, 1.82) is 0 Å². The standard InChI is InChI=1S/C27H35N3O3Si/c1-27(2,3)34(5,6)33-13-7-8-19-14-22(15-20-11-12-30(4)24(19)20)29-25-23(26(31)32)16-21(17-28-25)18-9-10-18/h7-8,11-12,14-18H,9-10,13H2,1-6H3,(H,28,29)(H,31,32)/b8-7+. The van der Waals surface area contributed by atoms with Crippen molar-refractivity contribution < 1.29 is 14.3 Å². The van der Waals surface area contributed by atoms with Crippen LogP contribution in [-0.4, -0.2) is 35.6 Å². The molecule has 0 radical (unpaired) electrons. The van der Waals surface area contributed by atoms with Crippen LogP contribution >= 0.6 is 0 Å². The number of benzene rings is 1. The Morgan fingerprint density at radius 2 is 2.03 bits per heavy atom. The molecule has 1 aromatic carbocycles. The van der Waals surface area contributed by atoms with Crippen LogP contribution < -0.4 is 5.32 Å². The van der Waals surface area contributed by atoms with Gasteiger partial charge in [0.25, 0.3) is 0 Å². The number of pyridine rings is 1. The van der Waals surface area contributed by atoms with E-state index in [1.165, 1.54) is 0 Å². The summed E-state index contributed by atoms with van der Waals surface area (Å²) >= 11 is 0. The predicted molar refractivity (Wildman–Crippen MR) is 142 cm³/mol. The summed E-state index contributed by atoms with van der Waals surface area (Å²) in [5, 5.41) is 14.3. The van der Waals surface area contributed by atoms with Gasteiger partial charge in [-0.3, -0.25) is 0 Å². The molecule has 34 heavy (non-hydrogen) atoms. The summed E-state index contributed by atoms with van der Waals surface area (Å²) in [6.45, 7) is 11.8. The van der Waals surface area contributed by atoms with E-state index in [9.17, 15) is 9.90 Å². The zero-order chi connectivity index (χ0) is 24.7. The van der Waals surface area contributed by atoms with Gasteiger partial charge in [-0.15, -0.1) is 0 Å². The van der Waals surface area contributed by atoms with E-state index in [1.807, 2.05) is 25.4 Å². The number of carboxylic acids is 1. The highest BCUT2D eigenvalue weighted by Crippen LogP contribution is 2.41. The monoisotopic (exact) mass is 477 g/mol. The molecule has 0 saturated heterocycles. The van der Waals surface area contributed by atoms with Gasteiger partial charge in [-0.1, -0.05) is 32.9 Å². The van der Waals surface area contributed by atoms with Gasteiger partial charge in [0.2, 0.25) is 0 Å². The smallest absolute Gasteiger partial charge is 0.339 e. The molecule has 7 heteroatoms. The van der Waals surface area contributed by atoms with Crippen LogP contribution in [0, 0.1) is 0 Å². The number of nitrogens with one attached hydrogen (secondary N) is 1. The minimum atomic E-state index is -1.81. The third-order valence-electron chi connectivity index (χ3n) is 7.09. The van der Waals surface area contributed by atoms with Crippen LogP contribution in [0.15, 0.2) is 42.7 Å². The molecule has 2 heterocycles. The number of aromatic nitrogens is 2. The fourth-order valence-electron chi connectivity index (χ4n) is 3.85. The van der Waals surface area contributed by atoms with Crippen molar-refractivity contribution >= 4 is 42.8 Å². The van der Waals surface area contributed by atoms with E-state index in [0.29, 0.717) is 18.3 Å². The first-order chi connectivity index (χ1) is 16.0. The van der Waals surface area contributed by atoms with E-state index < -0.39 is 14.3 Å². The van der Waals surface area contributed by atoms with Crippen molar-refractivity contribution in [3.8, 4) is 0 Å². The molecule has 4 rings (SSSR count). The number of aryl methyl sites for hydroxylation is 1. The van der Waals surface area contributed by atoms with Crippen molar-refractivity contribution in [1.82, 2.24) is 9.55 Å². The third kappa shape index (κ3) is 5.10. The molecular formula is C27H35N3O3Si. The molecule has 6 nitrogen and oxygen atoms in total. The molecule has 0 bridgehead atoms. The number of carboxylic acid groups (broad SMARTS) is 1. The van der Waals surface area contributed by atoms with Crippen molar-refractivity contribution in [3.05, 3.63) is 59.4 Å². The Labute approximate surface area is 202 Å². The highest BCUT2D eigenvalue weighted by atomic mass is 28.4. The maximum absolute atomic E-state index is 11.9. The van der Waals surface area contributed by atoms with Gasteiger partial charge in [0.05, 0.1) is 12.1 Å². The zero-order valence-electron chi connectivity index (χ0n) is 21.0. The summed E-state index contributed by atoms with van der Waals surface area (Å²) in [5.41, 5.74) is 4.17. The Morgan fingerprint density at radius 1 is 1.29 bits per heavy atom. The molecule has 3 aromatic rings. The maximum atomic E-state index is 11.9. The van der Waals surface area contributed by atoms with E-state index in [-0.39, 0.29) is 10.6 Å². The summed E-state index contributed by atoms with van der Waals surface area (Å²) in [4.78, 5) is 16.4. The van der Waals surface area contributed by atoms with Gasteiger partial charge < -0.3 is 19.4 Å². The second kappa shape index (κ2) is 9.04. The lowest BCUT2D eigenvalue weighted by molar-refractivity contribution is 0.0697. The summed E-state index contributed by atoms with van der Waals surface area (Å²) < 4.78 is 8.39. The van der Waals surface area contributed by atoms with E-state index >= 15 is 0 Å². The maximum Gasteiger partial charge on any atom is 0.339 e. The number of nitrogens with zero attached hydrogens (tertiary/aromatic N) is 2. The fraction of sp³-hybridized carbons (Fsp3) is 0.407. The van der Waals surface area contributed by atoms with Crippen LogP contribution in [0.4, 0.5) is 11.5 Å². The lowest BCUT2D eigenvalue weighted by Crippen LogP contribution is -2.40. The Hall–Kier alpha value is -2.90. The van der Waals surface area contributed by atoms with Crippen LogP contribution in [0.5, 0.6) is 0 Å². The number of aromatic carboxylic acids is 1. The molecular weight excluding hydrogens is 442 g/mol. The molecule has 1 aliphatic rings. The molecule has 0 atom stereocenters. The first-order valence-electron chi connectivity index (χ1n) is 11.9. The summed E-state index contributed by atoms with van der Waals surface area (Å²) in [6.07, 6.45) is 10.2. The number of carbonyl (C=O) groups is 1. The average molecular weight is 478 g/mol. The normalized spacial score (nSPS) is 14.8. The highest BCUT2D eigenvalue weighted by Gasteiger charge is 2.36. The molecule has 2 N–H and O–H groups in total. The highest BCUT2D eigenvalue weighted by molar-refractivity contribution is 6.74. The van der Waals surface area contributed by atoms with Crippen molar-refractivity contribution in [2.24, 2.45) is 7.05 Å². The first kappa shape index (κ1) is 24.2. The molecule has 0 unspecified atom stereocenters. The second-order valence-corrected chi connectivity index (χ2v) is 15.6. The third-order valence-corrected chi connectivity index (χ3v) is 11.6. The predicted octanol–water partition coefficient (Wildman–Crippen LogP) is 6.93. The summed E-state index contributed by atoms with van der Waals surface area (Å²) in [7, 11) is 0.213. The van der Waals surface area contributed by atoms with Crippen LogP contribution in [0.3, 0.4) is 0 Å². The Bertz CT molecular complexity index is 1250. The van der Waals surface area contributed by atoms with Crippen LogP contribution in [0.25, 0.3) is 17.0 Å². The topological polar surface area (TPSA) is 76.4 Å². The lowest BCUT2D eigenvalue weighted by Gasteiger charge is -2.35. The minimum Gasteiger partial charge on any atom is -0.478 e. The average Bonchev–Trinajstić information content (AvgIpc) is 3.53. The summed E-state index contributed by atoms with van der Waals surface area (Å²) in [5.74, 6) is -0.157. The van der Waals surface area contributed by atoms with Gasteiger partial charge in [-0.05, 0) is 66.7 Å². The van der Waals surface area contributed by atoms with Crippen LogP contribution in [-0.2, 0) is 11.5 Å². The number of hydrogen-bond acceptors (Lipinski definition) is 4. The lowest BCUT2D eigenvalue weighted by atomic mass is 10.1. The van der Waals surface area contributed by atoms with Crippen LogP contribution in [0.1, 0.15) is 61.0 Å². The Morgan fingerprint density at radius 3 is 2.68 bits per heavy atom. The number of fused-ring (bicyclic) bond motifs is 1. The fourth-order valence-corrected chi connectivity index (χ4v) is 4.79. The van der Waals surface area contributed by atoms with Gasteiger partial charge >= 0.3 is 5.97 Å². The van der Waals surface area contributed by atoms with E-state index in [2.05, 4.69) is 67.0 Å². The SMILES string of the molecule is Cn1ccc2cc(Nc3ncc(C4CC4)cc3C(=O)O)cc(/C=C/CO[Si](C)(C)C(C)(C)C)c21. The zero-order valence-corrected chi connectivity index (χ0v) is 22.0. The van der Waals surface area contributed by atoms with Gasteiger partial charge in [-0.2, -0.15) is 0 Å². The molecule has 1 fully saturated rings.